The molecule has 0 bridgehead atoms. The van der Waals surface area contributed by atoms with E-state index in [0.717, 1.165) is 21.7 Å². The number of hydrogen-bond donors (Lipinski definition) is 0. The molecule has 0 atom stereocenters. The first-order valence-electron chi connectivity index (χ1n) is 5.44. The predicted octanol–water partition coefficient (Wildman–Crippen LogP) is 5.34. The maximum absolute atomic E-state index is 5.32. The first kappa shape index (κ1) is 16.9. The summed E-state index contributed by atoms with van der Waals surface area (Å²) in [5.41, 5.74) is 3.06. The van der Waals surface area contributed by atoms with Crippen molar-refractivity contribution in [3.05, 3.63) is 59.7 Å². The number of nitrogens with zero attached hydrogens (tertiary/aromatic N) is 1. The van der Waals surface area contributed by atoms with Crippen LogP contribution in [0, 0.1) is 6.92 Å². The van der Waals surface area contributed by atoms with E-state index in [9.17, 15) is 0 Å². The molecule has 0 amide bonds. The van der Waals surface area contributed by atoms with Crippen LogP contribution in [0.25, 0.3) is 0 Å². The van der Waals surface area contributed by atoms with Gasteiger partial charge in [0.2, 0.25) is 0 Å². The fourth-order valence-corrected chi connectivity index (χ4v) is 1.62. The zero-order valence-electron chi connectivity index (χ0n) is 10.2. The second-order valence-corrected chi connectivity index (χ2v) is 10.5. The molecule has 0 saturated carbocycles. The first-order valence-corrected chi connectivity index (χ1v) is 12.1. The van der Waals surface area contributed by atoms with Crippen molar-refractivity contribution >= 4 is 52.6 Å². The van der Waals surface area contributed by atoms with E-state index in [1.54, 1.807) is 0 Å². The third kappa shape index (κ3) is 6.20. The fraction of sp³-hybridized carbons (Fsp3) is 0.0714. The molecule has 2 aromatic carbocycles. The van der Waals surface area contributed by atoms with E-state index in [2.05, 4.69) is 33.1 Å². The van der Waals surface area contributed by atoms with E-state index in [4.69, 9.17) is 12.6 Å². The standard InChI is InChI=1S/C14H13NS.2BrH.Cr/c1-11-6-5-7-12(14(11)16)10-15-13-8-3-2-4-9-13;;;/h2-10,16H,1H3;2*1H;/q;;;+3/p-3. The Bertz CT molecular complexity index is 532. The van der Waals surface area contributed by atoms with E-state index < -0.39 is 0 Å². The molecular formula is C14H12Br2CrNS. The molecule has 0 aliphatic carbocycles. The van der Waals surface area contributed by atoms with Gasteiger partial charge >= 0.3 is 39.7 Å². The first-order chi connectivity index (χ1) is 9.19. The van der Waals surface area contributed by atoms with Crippen molar-refractivity contribution in [2.24, 2.45) is 4.99 Å². The summed E-state index contributed by atoms with van der Waals surface area (Å²) in [7, 11) is 0. The summed E-state index contributed by atoms with van der Waals surface area (Å²) in [6, 6.07) is 15.9. The van der Waals surface area contributed by atoms with Crippen LogP contribution in [-0.2, 0) is 24.2 Å². The summed E-state index contributed by atoms with van der Waals surface area (Å²) >= 11 is 12.1. The third-order valence-electron chi connectivity index (χ3n) is 2.35. The molecule has 1 nitrogen and oxygen atoms in total. The molecule has 0 radical (unpaired) electrons. The molecule has 0 spiro atoms. The van der Waals surface area contributed by atoms with E-state index in [1.165, 1.54) is 0 Å². The number of aliphatic imine (C=N–C) groups is 1. The van der Waals surface area contributed by atoms with Gasteiger partial charge in [-0.15, -0.1) is 0 Å². The third-order valence-corrected chi connectivity index (χ3v) is 2.91. The van der Waals surface area contributed by atoms with Crippen molar-refractivity contribution in [3.63, 3.8) is 0 Å². The van der Waals surface area contributed by atoms with Crippen LogP contribution in [0.3, 0.4) is 0 Å². The molecule has 0 N–H and O–H groups in total. The second kappa shape index (κ2) is 9.68. The van der Waals surface area contributed by atoms with Gasteiger partial charge < -0.3 is 12.6 Å². The van der Waals surface area contributed by atoms with Crippen molar-refractivity contribution in [2.45, 2.75) is 11.8 Å². The average Bonchev–Trinajstić information content (AvgIpc) is 2.43. The van der Waals surface area contributed by atoms with Crippen molar-refractivity contribution in [1.82, 2.24) is 0 Å². The van der Waals surface area contributed by atoms with Gasteiger partial charge in [0.25, 0.3) is 0 Å². The molecule has 0 aromatic heterocycles. The number of hydrogen-bond acceptors (Lipinski definition) is 2. The van der Waals surface area contributed by atoms with E-state index in [1.807, 2.05) is 61.7 Å². The van der Waals surface area contributed by atoms with Crippen molar-refractivity contribution < 1.29 is 11.6 Å². The molecule has 0 heterocycles. The maximum atomic E-state index is 5.32. The van der Waals surface area contributed by atoms with Gasteiger partial charge in [0.1, 0.15) is 0 Å². The van der Waals surface area contributed by atoms with Crippen LogP contribution in [0.4, 0.5) is 5.69 Å². The SMILES string of the molecule is Cc1cccc(C=Nc2ccccc2)c1[S-].[Br][Cr+][Br]. The zero-order chi connectivity index (χ0) is 14.1. The van der Waals surface area contributed by atoms with Gasteiger partial charge in [0.15, 0.2) is 0 Å². The van der Waals surface area contributed by atoms with Gasteiger partial charge in [-0.3, -0.25) is 4.99 Å². The van der Waals surface area contributed by atoms with Crippen molar-refractivity contribution in [2.75, 3.05) is 0 Å². The molecule has 99 valence electrons. The predicted molar refractivity (Wildman–Crippen MR) is 88.4 cm³/mol. The Morgan fingerprint density at radius 1 is 1.05 bits per heavy atom. The molecule has 0 saturated heterocycles. The van der Waals surface area contributed by atoms with Crippen LogP contribution < -0.4 is 0 Å². The average molecular weight is 438 g/mol. The van der Waals surface area contributed by atoms with Crippen LogP contribution in [-0.4, -0.2) is 6.21 Å². The Hall–Kier alpha value is -0.178. The Labute approximate surface area is 140 Å². The molecule has 5 heteroatoms. The monoisotopic (exact) mass is 436 g/mol. The summed E-state index contributed by atoms with van der Waals surface area (Å²) in [5.74, 6) is 0. The molecule has 2 rings (SSSR count). The Balaban J connectivity index is 0.000000550. The normalized spacial score (nSPS) is 9.84. The van der Waals surface area contributed by atoms with Gasteiger partial charge in [-0.1, -0.05) is 42.0 Å². The molecule has 0 unspecified atom stereocenters. The molecule has 0 aliphatic heterocycles. The number of para-hydroxylation sites is 1. The summed E-state index contributed by atoms with van der Waals surface area (Å²) in [5, 5.41) is 0. The molecule has 0 fully saturated rings. The number of benzene rings is 2. The second-order valence-electron chi connectivity index (χ2n) is 3.65. The molecular weight excluding hydrogens is 426 g/mol. The number of aryl methyl sites for hydroxylation is 1. The van der Waals surface area contributed by atoms with Gasteiger partial charge in [-0.2, -0.15) is 4.90 Å². The fourth-order valence-electron chi connectivity index (χ4n) is 1.43. The van der Waals surface area contributed by atoms with E-state index >= 15 is 0 Å². The van der Waals surface area contributed by atoms with E-state index in [-0.39, 0.29) is 0 Å². The van der Waals surface area contributed by atoms with Gasteiger partial charge in [-0.25, -0.2) is 0 Å². The minimum atomic E-state index is 0.500. The minimum absolute atomic E-state index is 0.500. The van der Waals surface area contributed by atoms with Crippen molar-refractivity contribution in [1.29, 1.82) is 0 Å². The molecule has 19 heavy (non-hydrogen) atoms. The van der Waals surface area contributed by atoms with Crippen LogP contribution in [0.5, 0.6) is 0 Å². The van der Waals surface area contributed by atoms with Gasteiger partial charge in [0, 0.05) is 6.21 Å². The summed E-state index contributed by atoms with van der Waals surface area (Å²) < 4.78 is 0. The van der Waals surface area contributed by atoms with Crippen LogP contribution in [0.2, 0.25) is 0 Å². The Morgan fingerprint density at radius 2 is 1.68 bits per heavy atom. The number of rotatable bonds is 2. The molecule has 0 aliphatic rings. The molecule has 2 aromatic rings. The van der Waals surface area contributed by atoms with Crippen LogP contribution in [0.1, 0.15) is 11.1 Å². The Morgan fingerprint density at radius 3 is 2.32 bits per heavy atom. The van der Waals surface area contributed by atoms with Crippen molar-refractivity contribution in [3.8, 4) is 0 Å². The quantitative estimate of drug-likeness (QED) is 0.456. The van der Waals surface area contributed by atoms with Gasteiger partial charge in [0.05, 0.1) is 5.69 Å². The summed E-state index contributed by atoms with van der Waals surface area (Å²) in [6.07, 6.45) is 1.82. The van der Waals surface area contributed by atoms with Crippen LogP contribution >= 0.6 is 28.1 Å². The Kier molecular flexibility index (Phi) is 8.60. The van der Waals surface area contributed by atoms with E-state index in [0.29, 0.717) is 11.6 Å². The summed E-state index contributed by atoms with van der Waals surface area (Å²) in [6.45, 7) is 2.02. The number of halogens is 2. The zero-order valence-corrected chi connectivity index (χ0v) is 15.5. The van der Waals surface area contributed by atoms with Gasteiger partial charge in [-0.05, 0) is 24.6 Å². The summed E-state index contributed by atoms with van der Waals surface area (Å²) in [4.78, 5) is 5.26. The topological polar surface area (TPSA) is 12.4 Å². The van der Waals surface area contributed by atoms with Crippen LogP contribution in [0.15, 0.2) is 58.4 Å².